The van der Waals surface area contributed by atoms with Gasteiger partial charge < -0.3 is 14.8 Å². The number of piperidine rings is 1. The molecule has 4 aromatic rings. The number of hydrogen-bond acceptors (Lipinski definition) is 8. The number of aryl methyl sites for hydroxylation is 1. The minimum Gasteiger partial charge on any atom is -0.481 e. The lowest BCUT2D eigenvalue weighted by Crippen LogP contribution is -2.28. The van der Waals surface area contributed by atoms with Crippen molar-refractivity contribution < 1.29 is 19.1 Å². The average molecular weight is 649 g/mol. The van der Waals surface area contributed by atoms with Crippen LogP contribution in [0.2, 0.25) is 10.0 Å². The normalized spacial score (nSPS) is 18.7. The molecule has 45 heavy (non-hydrogen) atoms. The van der Waals surface area contributed by atoms with Gasteiger partial charge in [-0.3, -0.25) is 19.3 Å². The van der Waals surface area contributed by atoms with Crippen LogP contribution in [0.15, 0.2) is 65.6 Å². The van der Waals surface area contributed by atoms with Crippen molar-refractivity contribution in [1.29, 1.82) is 0 Å². The van der Waals surface area contributed by atoms with Crippen molar-refractivity contribution in [3.63, 3.8) is 0 Å². The van der Waals surface area contributed by atoms with Crippen LogP contribution >= 0.6 is 23.2 Å². The Hall–Kier alpha value is -4.25. The minimum atomic E-state index is -0.599. The fourth-order valence-electron chi connectivity index (χ4n) is 6.13. The molecule has 2 aromatic carbocycles. The largest absolute Gasteiger partial charge is 0.481 e. The van der Waals surface area contributed by atoms with Gasteiger partial charge in [0.2, 0.25) is 5.88 Å². The topological polar surface area (TPSA) is 116 Å². The Kier molecular flexibility index (Phi) is 8.63. The molecule has 3 heterocycles. The van der Waals surface area contributed by atoms with Gasteiger partial charge in [0, 0.05) is 55.1 Å². The molecule has 2 aromatic heterocycles. The third-order valence-corrected chi connectivity index (χ3v) is 9.23. The quantitative estimate of drug-likeness (QED) is 0.243. The second-order valence-electron chi connectivity index (χ2n) is 11.1. The number of pyridine rings is 1. The molecular formula is C33H31Cl2N5O5. The van der Waals surface area contributed by atoms with Gasteiger partial charge >= 0.3 is 5.97 Å². The summed E-state index contributed by atoms with van der Waals surface area (Å²) in [6, 6.07) is 16.0. The number of benzene rings is 2. The molecule has 10 nitrogen and oxygen atoms in total. The number of halogens is 2. The first-order chi connectivity index (χ1) is 21.7. The summed E-state index contributed by atoms with van der Waals surface area (Å²) in [6.07, 6.45) is 1.38. The highest BCUT2D eigenvalue weighted by atomic mass is 35.5. The van der Waals surface area contributed by atoms with Gasteiger partial charge in [0.1, 0.15) is 5.56 Å². The highest BCUT2D eigenvalue weighted by Gasteiger charge is 2.60. The van der Waals surface area contributed by atoms with Crippen molar-refractivity contribution in [3.8, 4) is 28.3 Å². The lowest BCUT2D eigenvalue weighted by atomic mass is 10.00. The van der Waals surface area contributed by atoms with E-state index in [1.807, 2.05) is 37.3 Å². The van der Waals surface area contributed by atoms with E-state index in [-0.39, 0.29) is 22.5 Å². The van der Waals surface area contributed by atoms with Gasteiger partial charge in [0.05, 0.1) is 41.1 Å². The van der Waals surface area contributed by atoms with Crippen molar-refractivity contribution in [2.75, 3.05) is 32.1 Å². The van der Waals surface area contributed by atoms with E-state index in [0.29, 0.717) is 64.0 Å². The van der Waals surface area contributed by atoms with Gasteiger partial charge in [-0.15, -0.1) is 0 Å². The number of hydrogen-bond donors (Lipinski definition) is 1. The summed E-state index contributed by atoms with van der Waals surface area (Å²) in [5.41, 5.74) is 3.25. The number of nitrogens with zero attached hydrogens (tertiary/aromatic N) is 4. The maximum Gasteiger partial charge on any atom is 0.309 e. The highest BCUT2D eigenvalue weighted by Crippen LogP contribution is 2.52. The molecule has 232 valence electrons. The van der Waals surface area contributed by atoms with Gasteiger partial charge in [0.25, 0.3) is 11.5 Å². The Morgan fingerprint density at radius 2 is 1.67 bits per heavy atom. The fourth-order valence-corrected chi connectivity index (χ4v) is 6.73. The number of amides is 1. The molecule has 0 bridgehead atoms. The Balaban J connectivity index is 1.22. The minimum absolute atomic E-state index is 0.0268. The van der Waals surface area contributed by atoms with Crippen LogP contribution in [-0.2, 0) is 23.1 Å². The molecule has 2 aliphatic rings. The maximum atomic E-state index is 12.9. The molecule has 0 radical (unpaired) electrons. The Labute approximate surface area is 269 Å². The molecule has 1 saturated carbocycles. The van der Waals surface area contributed by atoms with E-state index >= 15 is 0 Å². The van der Waals surface area contributed by atoms with E-state index < -0.39 is 11.5 Å². The number of carbonyl (C=O) groups excluding carboxylic acids is 2. The standard InChI is InChI=1S/C33H31Cl2N5O5/c1-4-45-33(43)27-23-16-40(17-24(23)27)15-18-11-12-25(38-31(18)44-3)21-9-5-7-19(28(21)34)20-8-6-10-26(29(20)35)37-30(41)22-13-14-36-39(2)32(22)42/h5-14,23-24,27H,4,15-17H2,1-3H3,(H,37,41). The second-order valence-corrected chi connectivity index (χ2v) is 11.9. The van der Waals surface area contributed by atoms with Crippen molar-refractivity contribution in [1.82, 2.24) is 19.7 Å². The molecule has 2 fully saturated rings. The van der Waals surface area contributed by atoms with Crippen molar-refractivity contribution in [2.45, 2.75) is 13.5 Å². The summed E-state index contributed by atoms with van der Waals surface area (Å²) < 4.78 is 12.0. The number of anilines is 1. The van der Waals surface area contributed by atoms with Crippen LogP contribution in [0.4, 0.5) is 5.69 Å². The average Bonchev–Trinajstić information content (AvgIpc) is 3.54. The van der Waals surface area contributed by atoms with Crippen LogP contribution in [-0.4, -0.2) is 58.3 Å². The molecule has 1 saturated heterocycles. The first-order valence-corrected chi connectivity index (χ1v) is 15.3. The zero-order valence-corrected chi connectivity index (χ0v) is 26.4. The van der Waals surface area contributed by atoms with Crippen LogP contribution in [0.5, 0.6) is 5.88 Å². The SMILES string of the molecule is CCOC(=O)C1C2CN(Cc3ccc(-c4cccc(-c5cccc(NC(=O)c6ccnn(C)c6=O)c5Cl)c4Cl)nc3OC)CC21. The van der Waals surface area contributed by atoms with E-state index in [1.54, 1.807) is 25.3 Å². The first kappa shape index (κ1) is 30.8. The third kappa shape index (κ3) is 5.93. The Morgan fingerprint density at radius 1 is 0.978 bits per heavy atom. The van der Waals surface area contributed by atoms with E-state index in [4.69, 9.17) is 37.7 Å². The zero-order chi connectivity index (χ0) is 31.8. The number of carbonyl (C=O) groups is 2. The van der Waals surface area contributed by atoms with Crippen molar-refractivity contribution >= 4 is 40.8 Å². The van der Waals surface area contributed by atoms with Gasteiger partial charge in [-0.1, -0.05) is 59.6 Å². The van der Waals surface area contributed by atoms with Crippen LogP contribution in [0.25, 0.3) is 22.4 Å². The van der Waals surface area contributed by atoms with Gasteiger partial charge in [-0.25, -0.2) is 9.67 Å². The molecule has 1 N–H and O–H groups in total. The first-order valence-electron chi connectivity index (χ1n) is 14.6. The van der Waals surface area contributed by atoms with Crippen LogP contribution in [0, 0.1) is 17.8 Å². The lowest BCUT2D eigenvalue weighted by molar-refractivity contribution is -0.145. The zero-order valence-electron chi connectivity index (χ0n) is 24.9. The molecule has 12 heteroatoms. The summed E-state index contributed by atoms with van der Waals surface area (Å²) >= 11 is 13.8. The summed E-state index contributed by atoms with van der Waals surface area (Å²) in [4.78, 5) is 44.5. The maximum absolute atomic E-state index is 12.9. The van der Waals surface area contributed by atoms with Gasteiger partial charge in [0.15, 0.2) is 0 Å². The lowest BCUT2D eigenvalue weighted by Gasteiger charge is -2.20. The number of likely N-dealkylation sites (tertiary alicyclic amines) is 1. The number of esters is 1. The van der Waals surface area contributed by atoms with Gasteiger partial charge in [-0.05, 0) is 37.0 Å². The predicted molar refractivity (Wildman–Crippen MR) is 171 cm³/mol. The van der Waals surface area contributed by atoms with Crippen LogP contribution in [0.1, 0.15) is 22.8 Å². The number of aromatic nitrogens is 3. The summed E-state index contributed by atoms with van der Waals surface area (Å²) in [6.45, 7) is 4.58. The van der Waals surface area contributed by atoms with E-state index in [1.165, 1.54) is 19.3 Å². The molecule has 2 atom stereocenters. The number of ether oxygens (including phenoxy) is 2. The molecule has 0 spiro atoms. The van der Waals surface area contributed by atoms with E-state index in [0.717, 1.165) is 23.3 Å². The third-order valence-electron chi connectivity index (χ3n) is 8.42. The van der Waals surface area contributed by atoms with Crippen molar-refractivity contribution in [3.05, 3.63) is 92.3 Å². The molecule has 1 aliphatic carbocycles. The van der Waals surface area contributed by atoms with E-state index in [2.05, 4.69) is 15.3 Å². The highest BCUT2D eigenvalue weighted by molar-refractivity contribution is 6.39. The predicted octanol–water partition coefficient (Wildman–Crippen LogP) is 5.32. The molecule has 2 unspecified atom stereocenters. The Morgan fingerprint density at radius 3 is 2.38 bits per heavy atom. The summed E-state index contributed by atoms with van der Waals surface area (Å²) in [5, 5.41) is 7.28. The van der Waals surface area contributed by atoms with E-state index in [9.17, 15) is 14.4 Å². The Bertz CT molecular complexity index is 1850. The molecule has 6 rings (SSSR count). The smallest absolute Gasteiger partial charge is 0.309 e. The molecule has 1 aliphatic heterocycles. The monoisotopic (exact) mass is 647 g/mol. The second kappa shape index (κ2) is 12.6. The number of fused-ring (bicyclic) bond motifs is 1. The fraction of sp³-hybridized carbons (Fsp3) is 0.303. The number of methoxy groups -OCH3 is 1. The molecule has 1 amide bonds. The summed E-state index contributed by atoms with van der Waals surface area (Å²) in [5.74, 6) is 0.555. The molecular weight excluding hydrogens is 617 g/mol. The number of nitrogens with one attached hydrogen (secondary N) is 1. The number of rotatable bonds is 9. The summed E-state index contributed by atoms with van der Waals surface area (Å²) in [7, 11) is 3.06. The van der Waals surface area contributed by atoms with Crippen molar-refractivity contribution in [2.24, 2.45) is 24.8 Å². The van der Waals surface area contributed by atoms with Crippen LogP contribution in [0.3, 0.4) is 0 Å². The van der Waals surface area contributed by atoms with Crippen LogP contribution < -0.4 is 15.6 Å². The van der Waals surface area contributed by atoms with Gasteiger partial charge in [-0.2, -0.15) is 5.10 Å².